The smallest absolute Gasteiger partial charge is 0.123 e. The van der Waals surface area contributed by atoms with Gasteiger partial charge in [0, 0.05) is 26.3 Å². The molecule has 1 aliphatic rings. The van der Waals surface area contributed by atoms with Crippen LogP contribution in [-0.4, -0.2) is 10.2 Å². The van der Waals surface area contributed by atoms with Crippen LogP contribution < -0.4 is 0 Å². The molecule has 0 atom stereocenters. The maximum atomic E-state index is 9.99. The van der Waals surface area contributed by atoms with Gasteiger partial charge in [0.1, 0.15) is 10.8 Å². The number of benzene rings is 3. The van der Waals surface area contributed by atoms with Crippen molar-refractivity contribution in [2.24, 2.45) is 4.99 Å². The lowest BCUT2D eigenvalue weighted by molar-refractivity contribution is 0.481. The van der Waals surface area contributed by atoms with Gasteiger partial charge in [-0.25, -0.2) is 4.99 Å². The molecule has 0 saturated heterocycles. The van der Waals surface area contributed by atoms with Crippen LogP contribution in [0.1, 0.15) is 5.56 Å². The molecule has 0 aromatic heterocycles. The standard InChI is InChI=1S/C17H10ClNOS/c18-10-4-6-11(7-5-10)19-17-13-8-9-14(20)12-2-1-3-15(21-17)16(12)13/h1-9,20H. The van der Waals surface area contributed by atoms with E-state index >= 15 is 0 Å². The first kappa shape index (κ1) is 12.7. The molecule has 0 fully saturated rings. The summed E-state index contributed by atoms with van der Waals surface area (Å²) < 4.78 is 0. The number of hydrogen-bond donors (Lipinski definition) is 1. The summed E-state index contributed by atoms with van der Waals surface area (Å²) in [5.41, 5.74) is 1.94. The average Bonchev–Trinajstić information content (AvgIpc) is 2.84. The zero-order valence-electron chi connectivity index (χ0n) is 10.9. The van der Waals surface area contributed by atoms with Gasteiger partial charge in [-0.05, 0) is 42.5 Å². The molecule has 1 heterocycles. The highest BCUT2D eigenvalue weighted by Gasteiger charge is 2.22. The van der Waals surface area contributed by atoms with Crippen LogP contribution in [-0.2, 0) is 0 Å². The van der Waals surface area contributed by atoms with Gasteiger partial charge in [-0.2, -0.15) is 0 Å². The van der Waals surface area contributed by atoms with E-state index in [2.05, 4.69) is 6.07 Å². The minimum atomic E-state index is 0.309. The third-order valence-corrected chi connectivity index (χ3v) is 4.79. The van der Waals surface area contributed by atoms with Gasteiger partial charge in [-0.3, -0.25) is 0 Å². The summed E-state index contributed by atoms with van der Waals surface area (Å²) in [4.78, 5) is 5.84. The van der Waals surface area contributed by atoms with Gasteiger partial charge in [-0.15, -0.1) is 0 Å². The van der Waals surface area contributed by atoms with Crippen LogP contribution in [0.2, 0.25) is 5.02 Å². The number of halogens is 1. The Bertz CT molecular complexity index is 887. The van der Waals surface area contributed by atoms with Crippen molar-refractivity contribution >= 4 is 44.9 Å². The molecule has 1 aliphatic heterocycles. The van der Waals surface area contributed by atoms with Crippen LogP contribution in [0.4, 0.5) is 5.69 Å². The molecule has 1 N–H and O–H groups in total. The lowest BCUT2D eigenvalue weighted by Gasteiger charge is -2.02. The van der Waals surface area contributed by atoms with Crippen molar-refractivity contribution in [3.63, 3.8) is 0 Å². The van der Waals surface area contributed by atoms with Gasteiger partial charge in [-0.1, -0.05) is 35.5 Å². The minimum Gasteiger partial charge on any atom is -0.507 e. The summed E-state index contributed by atoms with van der Waals surface area (Å²) in [6.45, 7) is 0. The van der Waals surface area contributed by atoms with Crippen LogP contribution in [0.3, 0.4) is 0 Å². The predicted octanol–water partition coefficient (Wildman–Crippen LogP) is 5.38. The van der Waals surface area contributed by atoms with Crippen LogP contribution >= 0.6 is 23.4 Å². The van der Waals surface area contributed by atoms with E-state index in [-0.39, 0.29) is 0 Å². The molecular weight excluding hydrogens is 302 g/mol. The molecule has 0 saturated carbocycles. The molecule has 0 amide bonds. The number of thioether (sulfide) groups is 1. The fourth-order valence-corrected chi connectivity index (χ4v) is 3.73. The Labute approximate surface area is 131 Å². The van der Waals surface area contributed by atoms with Crippen LogP contribution in [0.25, 0.3) is 10.8 Å². The first-order valence-corrected chi connectivity index (χ1v) is 7.69. The Hall–Kier alpha value is -1.97. The van der Waals surface area contributed by atoms with Gasteiger partial charge in [0.05, 0.1) is 5.69 Å². The Balaban J connectivity index is 1.90. The highest BCUT2D eigenvalue weighted by Crippen LogP contribution is 2.44. The molecule has 0 radical (unpaired) electrons. The van der Waals surface area contributed by atoms with Gasteiger partial charge < -0.3 is 5.11 Å². The molecule has 0 unspecified atom stereocenters. The zero-order valence-corrected chi connectivity index (χ0v) is 12.4. The lowest BCUT2D eigenvalue weighted by Crippen LogP contribution is -1.89. The number of phenols is 1. The zero-order chi connectivity index (χ0) is 14.4. The van der Waals surface area contributed by atoms with Crippen molar-refractivity contribution in [3.05, 3.63) is 65.2 Å². The summed E-state index contributed by atoms with van der Waals surface area (Å²) in [7, 11) is 0. The van der Waals surface area contributed by atoms with Crippen molar-refractivity contribution in [1.29, 1.82) is 0 Å². The number of hydrogen-bond acceptors (Lipinski definition) is 3. The van der Waals surface area contributed by atoms with Crippen LogP contribution in [0.15, 0.2) is 64.5 Å². The molecule has 3 aromatic carbocycles. The lowest BCUT2D eigenvalue weighted by atomic mass is 10.0. The van der Waals surface area contributed by atoms with Crippen molar-refractivity contribution in [2.75, 3.05) is 0 Å². The molecule has 2 nitrogen and oxygen atoms in total. The fraction of sp³-hybridized carbons (Fsp3) is 0. The first-order chi connectivity index (χ1) is 10.2. The van der Waals surface area contributed by atoms with Crippen molar-refractivity contribution in [2.45, 2.75) is 4.90 Å². The van der Waals surface area contributed by atoms with Gasteiger partial charge in [0.15, 0.2) is 0 Å². The Morgan fingerprint density at radius 1 is 0.952 bits per heavy atom. The predicted molar refractivity (Wildman–Crippen MR) is 89.1 cm³/mol. The molecule has 3 aromatic rings. The highest BCUT2D eigenvalue weighted by molar-refractivity contribution is 8.15. The molecule has 0 spiro atoms. The molecule has 102 valence electrons. The van der Waals surface area contributed by atoms with E-state index in [1.54, 1.807) is 17.8 Å². The van der Waals surface area contributed by atoms with Crippen molar-refractivity contribution in [3.8, 4) is 5.75 Å². The topological polar surface area (TPSA) is 32.6 Å². The quantitative estimate of drug-likeness (QED) is 0.654. The second-order valence-corrected chi connectivity index (χ2v) is 6.27. The monoisotopic (exact) mass is 311 g/mol. The SMILES string of the molecule is Oc1ccc2c3c(cccc13)SC2=Nc1ccc(Cl)cc1. The molecule has 0 aliphatic carbocycles. The van der Waals surface area contributed by atoms with Gasteiger partial charge in [0.2, 0.25) is 0 Å². The first-order valence-electron chi connectivity index (χ1n) is 6.49. The summed E-state index contributed by atoms with van der Waals surface area (Å²) >= 11 is 7.53. The third kappa shape index (κ3) is 2.09. The maximum Gasteiger partial charge on any atom is 0.123 e. The number of rotatable bonds is 1. The summed E-state index contributed by atoms with van der Waals surface area (Å²) in [6.07, 6.45) is 0. The van der Waals surface area contributed by atoms with E-state index in [0.717, 1.165) is 32.0 Å². The Kier molecular flexibility index (Phi) is 2.91. The summed E-state index contributed by atoms with van der Waals surface area (Å²) in [5.74, 6) is 0.309. The van der Waals surface area contributed by atoms with Crippen molar-refractivity contribution < 1.29 is 5.11 Å². The van der Waals surface area contributed by atoms with Crippen molar-refractivity contribution in [1.82, 2.24) is 0 Å². The molecule has 4 heteroatoms. The second-order valence-electron chi connectivity index (χ2n) is 4.81. The van der Waals surface area contributed by atoms with E-state index in [4.69, 9.17) is 16.6 Å². The average molecular weight is 312 g/mol. The van der Waals surface area contributed by atoms with E-state index in [1.165, 1.54) is 0 Å². The number of nitrogens with zero attached hydrogens (tertiary/aromatic N) is 1. The number of aliphatic imine (C=N–C) groups is 1. The maximum absolute atomic E-state index is 9.99. The van der Waals surface area contributed by atoms with Crippen LogP contribution in [0.5, 0.6) is 5.75 Å². The third-order valence-electron chi connectivity index (χ3n) is 3.47. The van der Waals surface area contributed by atoms with Gasteiger partial charge >= 0.3 is 0 Å². The summed E-state index contributed by atoms with van der Waals surface area (Å²) in [5, 5.41) is 13.6. The normalized spacial score (nSPS) is 15.0. The molecule has 0 bridgehead atoms. The fourth-order valence-electron chi connectivity index (χ4n) is 2.50. The molecule has 21 heavy (non-hydrogen) atoms. The molecule has 4 rings (SSSR count). The highest BCUT2D eigenvalue weighted by atomic mass is 35.5. The Morgan fingerprint density at radius 3 is 2.57 bits per heavy atom. The summed E-state index contributed by atoms with van der Waals surface area (Å²) in [6, 6.07) is 17.1. The minimum absolute atomic E-state index is 0.309. The van der Waals surface area contributed by atoms with Gasteiger partial charge in [0.25, 0.3) is 0 Å². The Morgan fingerprint density at radius 2 is 1.76 bits per heavy atom. The van der Waals surface area contributed by atoms with E-state index in [9.17, 15) is 5.11 Å². The van der Waals surface area contributed by atoms with Crippen LogP contribution in [0, 0.1) is 0 Å². The van der Waals surface area contributed by atoms with E-state index in [0.29, 0.717) is 10.8 Å². The second kappa shape index (κ2) is 4.79. The number of aromatic hydroxyl groups is 1. The number of phenolic OH excluding ortho intramolecular Hbond substituents is 1. The molecular formula is C17H10ClNOS. The van der Waals surface area contributed by atoms with E-state index < -0.39 is 0 Å². The van der Waals surface area contributed by atoms with E-state index in [1.807, 2.05) is 42.5 Å². The largest absolute Gasteiger partial charge is 0.507 e.